The molecule has 1 aliphatic rings. The number of amides is 2. The molecule has 0 unspecified atom stereocenters. The number of thioether (sulfide) groups is 1. The molecule has 2 heterocycles. The van der Waals surface area contributed by atoms with Gasteiger partial charge in [0.1, 0.15) is 10.8 Å². The minimum absolute atomic E-state index is 0.113. The zero-order valence-electron chi connectivity index (χ0n) is 17.2. The molecule has 166 valence electrons. The third kappa shape index (κ3) is 5.83. The van der Waals surface area contributed by atoms with E-state index >= 15 is 0 Å². The first-order valence-electron chi connectivity index (χ1n) is 10.1. The number of carbonyl (C=O) groups excluding carboxylic acids is 2. The Balaban J connectivity index is 1.19. The molecule has 32 heavy (non-hydrogen) atoms. The number of aromatic nitrogens is 2. The third-order valence-electron chi connectivity index (χ3n) is 4.97. The number of nitrogens with one attached hydrogen (secondary N) is 1. The van der Waals surface area contributed by atoms with Gasteiger partial charge in [0.25, 0.3) is 5.91 Å². The Morgan fingerprint density at radius 3 is 2.44 bits per heavy atom. The number of rotatable bonds is 7. The van der Waals surface area contributed by atoms with E-state index in [1.54, 1.807) is 0 Å². The van der Waals surface area contributed by atoms with Crippen molar-refractivity contribution in [1.29, 1.82) is 0 Å². The van der Waals surface area contributed by atoms with Gasteiger partial charge in [-0.25, -0.2) is 4.39 Å². The van der Waals surface area contributed by atoms with E-state index in [1.807, 2.05) is 23.1 Å². The first-order valence-corrected chi connectivity index (χ1v) is 12.1. The summed E-state index contributed by atoms with van der Waals surface area (Å²) in [5.74, 6) is 0.226. The Hall–Kier alpha value is -2.98. The summed E-state index contributed by atoms with van der Waals surface area (Å²) in [5, 5.41) is 11.5. The van der Waals surface area contributed by atoms with E-state index in [2.05, 4.69) is 32.5 Å². The van der Waals surface area contributed by atoms with Gasteiger partial charge in [0.2, 0.25) is 10.9 Å². The molecular formula is C22H22FN5O2S2. The Morgan fingerprint density at radius 2 is 1.72 bits per heavy atom. The molecule has 0 saturated carbocycles. The fourth-order valence-corrected chi connectivity index (χ4v) is 5.00. The van der Waals surface area contributed by atoms with Crippen LogP contribution in [0.15, 0.2) is 54.6 Å². The van der Waals surface area contributed by atoms with E-state index in [1.165, 1.54) is 53.1 Å². The van der Waals surface area contributed by atoms with Crippen molar-refractivity contribution in [3.63, 3.8) is 0 Å². The van der Waals surface area contributed by atoms with Gasteiger partial charge in [-0.1, -0.05) is 29.5 Å². The topological polar surface area (TPSA) is 78.4 Å². The van der Waals surface area contributed by atoms with Crippen LogP contribution in [0.1, 0.15) is 14.8 Å². The smallest absolute Gasteiger partial charge is 0.286 e. The van der Waals surface area contributed by atoms with Crippen LogP contribution in [0.4, 0.5) is 15.8 Å². The number of nitrogens with zero attached hydrogens (tertiary/aromatic N) is 4. The molecule has 0 radical (unpaired) electrons. The van der Waals surface area contributed by atoms with E-state index < -0.39 is 5.91 Å². The lowest BCUT2D eigenvalue weighted by Crippen LogP contribution is -2.49. The van der Waals surface area contributed by atoms with Crippen molar-refractivity contribution in [2.24, 2.45) is 0 Å². The first kappa shape index (κ1) is 22.2. The second-order valence-corrected chi connectivity index (χ2v) is 9.21. The van der Waals surface area contributed by atoms with Crippen molar-refractivity contribution in [3.8, 4) is 0 Å². The van der Waals surface area contributed by atoms with Crippen LogP contribution in [0.2, 0.25) is 0 Å². The second-order valence-electron chi connectivity index (χ2n) is 7.16. The highest BCUT2D eigenvalue weighted by Gasteiger charge is 2.21. The fourth-order valence-electron chi connectivity index (χ4n) is 3.29. The number of anilines is 2. The summed E-state index contributed by atoms with van der Waals surface area (Å²) in [5.41, 5.74) is 1.67. The summed E-state index contributed by atoms with van der Waals surface area (Å²) >= 11 is 2.65. The quantitative estimate of drug-likeness (QED) is 0.568. The molecule has 0 atom stereocenters. The third-order valence-corrected chi connectivity index (χ3v) is 7.00. The van der Waals surface area contributed by atoms with Crippen LogP contribution < -0.4 is 10.2 Å². The molecule has 1 N–H and O–H groups in total. The zero-order chi connectivity index (χ0) is 22.3. The number of para-hydroxylation sites is 1. The van der Waals surface area contributed by atoms with Gasteiger partial charge >= 0.3 is 0 Å². The van der Waals surface area contributed by atoms with Crippen LogP contribution in [0.25, 0.3) is 0 Å². The van der Waals surface area contributed by atoms with Gasteiger partial charge < -0.3 is 15.1 Å². The lowest BCUT2D eigenvalue weighted by Gasteiger charge is -2.36. The van der Waals surface area contributed by atoms with Crippen molar-refractivity contribution in [3.05, 3.63) is 70.4 Å². The van der Waals surface area contributed by atoms with E-state index in [-0.39, 0.29) is 16.7 Å². The van der Waals surface area contributed by atoms with Gasteiger partial charge in [0.05, 0.1) is 5.75 Å². The van der Waals surface area contributed by atoms with Crippen molar-refractivity contribution in [2.75, 3.05) is 42.1 Å². The standard InChI is InChI=1S/C22H22FN5O2S2/c23-16-6-8-17(9-7-16)24-21(30)22-26-25-19(32-22)14-31-15-20(29)28-12-10-27(11-13-28)18-4-2-1-3-5-18/h1-9H,10-15H2,(H,24,30). The molecule has 0 spiro atoms. The van der Waals surface area contributed by atoms with Crippen molar-refractivity contribution < 1.29 is 14.0 Å². The van der Waals surface area contributed by atoms with E-state index in [0.717, 1.165) is 13.1 Å². The van der Waals surface area contributed by atoms with Crippen LogP contribution >= 0.6 is 23.1 Å². The highest BCUT2D eigenvalue weighted by Crippen LogP contribution is 2.20. The number of piperazine rings is 1. The molecule has 2 amide bonds. The summed E-state index contributed by atoms with van der Waals surface area (Å²) in [7, 11) is 0. The Bertz CT molecular complexity index is 1050. The van der Waals surface area contributed by atoms with E-state index in [9.17, 15) is 14.0 Å². The number of hydrogen-bond acceptors (Lipinski definition) is 7. The minimum atomic E-state index is -0.391. The predicted molar refractivity (Wildman–Crippen MR) is 126 cm³/mol. The van der Waals surface area contributed by atoms with Gasteiger partial charge in [-0.2, -0.15) is 0 Å². The van der Waals surface area contributed by atoms with Gasteiger partial charge in [0, 0.05) is 43.3 Å². The molecule has 0 bridgehead atoms. The fraction of sp³-hybridized carbons (Fsp3) is 0.273. The van der Waals surface area contributed by atoms with Gasteiger partial charge in [-0.3, -0.25) is 9.59 Å². The monoisotopic (exact) mass is 471 g/mol. The summed E-state index contributed by atoms with van der Waals surface area (Å²) in [6.45, 7) is 3.06. The normalized spacial score (nSPS) is 13.8. The van der Waals surface area contributed by atoms with Crippen molar-refractivity contribution >= 4 is 46.3 Å². The largest absolute Gasteiger partial charge is 0.368 e. The first-order chi connectivity index (χ1) is 15.6. The van der Waals surface area contributed by atoms with Crippen LogP contribution in [-0.2, 0) is 10.5 Å². The molecule has 1 saturated heterocycles. The van der Waals surface area contributed by atoms with Crippen LogP contribution in [0.3, 0.4) is 0 Å². The maximum absolute atomic E-state index is 13.0. The predicted octanol–water partition coefficient (Wildman–Crippen LogP) is 3.51. The molecular weight excluding hydrogens is 449 g/mol. The maximum atomic E-state index is 13.0. The molecule has 3 aromatic rings. The summed E-state index contributed by atoms with van der Waals surface area (Å²) in [6, 6.07) is 15.7. The van der Waals surface area contributed by atoms with Crippen molar-refractivity contribution in [1.82, 2.24) is 15.1 Å². The highest BCUT2D eigenvalue weighted by atomic mass is 32.2. The second kappa shape index (κ2) is 10.6. The summed E-state index contributed by atoms with van der Waals surface area (Å²) in [4.78, 5) is 29.0. The lowest BCUT2D eigenvalue weighted by molar-refractivity contribution is -0.128. The van der Waals surface area contributed by atoms with E-state index in [0.29, 0.717) is 35.3 Å². The molecule has 1 fully saturated rings. The zero-order valence-corrected chi connectivity index (χ0v) is 18.9. The van der Waals surface area contributed by atoms with Gasteiger partial charge in [0.15, 0.2) is 0 Å². The Kier molecular flexibility index (Phi) is 7.33. The number of hydrogen-bond donors (Lipinski definition) is 1. The number of carbonyl (C=O) groups is 2. The van der Waals surface area contributed by atoms with Crippen LogP contribution in [-0.4, -0.2) is 58.8 Å². The number of benzene rings is 2. The minimum Gasteiger partial charge on any atom is -0.368 e. The van der Waals surface area contributed by atoms with Gasteiger partial charge in [-0.15, -0.1) is 22.0 Å². The Morgan fingerprint density at radius 1 is 1.00 bits per heavy atom. The number of halogens is 1. The molecule has 7 nitrogen and oxygen atoms in total. The highest BCUT2D eigenvalue weighted by molar-refractivity contribution is 7.99. The molecule has 10 heteroatoms. The van der Waals surface area contributed by atoms with Gasteiger partial charge in [-0.05, 0) is 36.4 Å². The molecule has 1 aromatic heterocycles. The van der Waals surface area contributed by atoms with Crippen LogP contribution in [0.5, 0.6) is 0 Å². The SMILES string of the molecule is O=C(Nc1ccc(F)cc1)c1nnc(CSCC(=O)N2CCN(c3ccccc3)CC2)s1. The molecule has 1 aliphatic heterocycles. The molecule has 0 aliphatic carbocycles. The van der Waals surface area contributed by atoms with Crippen molar-refractivity contribution in [2.45, 2.75) is 5.75 Å². The molecule has 2 aromatic carbocycles. The van der Waals surface area contributed by atoms with E-state index in [4.69, 9.17) is 0 Å². The molecule has 4 rings (SSSR count). The lowest BCUT2D eigenvalue weighted by atomic mass is 10.2. The summed E-state index contributed by atoms with van der Waals surface area (Å²) in [6.07, 6.45) is 0. The average molecular weight is 472 g/mol. The Labute approximate surface area is 193 Å². The summed E-state index contributed by atoms with van der Waals surface area (Å²) < 4.78 is 13.0. The van der Waals surface area contributed by atoms with Crippen LogP contribution in [0, 0.1) is 5.82 Å². The maximum Gasteiger partial charge on any atom is 0.286 e. The average Bonchev–Trinajstić information content (AvgIpc) is 3.30.